The molecule has 116 valence electrons. The fraction of sp³-hybridized carbons (Fsp3) is 0.562. The van der Waals surface area contributed by atoms with Crippen LogP contribution in [0.1, 0.15) is 27.2 Å². The quantitative estimate of drug-likeness (QED) is 0.840. The molecule has 0 radical (unpaired) electrons. The minimum atomic E-state index is -0.449. The van der Waals surface area contributed by atoms with Gasteiger partial charge in [0.25, 0.3) is 0 Å². The Morgan fingerprint density at radius 2 is 2.05 bits per heavy atom. The van der Waals surface area contributed by atoms with Crippen LogP contribution in [-0.2, 0) is 4.74 Å². The minimum Gasteiger partial charge on any atom is -0.444 e. The van der Waals surface area contributed by atoms with Crippen LogP contribution in [0.15, 0.2) is 24.3 Å². The van der Waals surface area contributed by atoms with Crippen LogP contribution in [0.4, 0.5) is 16.2 Å². The second-order valence-electron chi connectivity index (χ2n) is 6.58. The summed E-state index contributed by atoms with van der Waals surface area (Å²) in [5.41, 5.74) is 7.22. The van der Waals surface area contributed by atoms with Crippen LogP contribution in [0.2, 0.25) is 0 Å². The van der Waals surface area contributed by atoms with E-state index in [0.717, 1.165) is 25.2 Å². The van der Waals surface area contributed by atoms with Crippen LogP contribution in [0.3, 0.4) is 0 Å². The van der Waals surface area contributed by atoms with Crippen LogP contribution in [0, 0.1) is 5.92 Å². The first kappa shape index (κ1) is 15.5. The Kier molecular flexibility index (Phi) is 4.60. The molecule has 0 bridgehead atoms. The zero-order valence-corrected chi connectivity index (χ0v) is 13.1. The van der Waals surface area contributed by atoms with Crippen molar-refractivity contribution in [2.24, 2.45) is 5.92 Å². The van der Waals surface area contributed by atoms with Crippen LogP contribution in [0.25, 0.3) is 0 Å². The number of alkyl carbamates (subject to hydrolysis) is 1. The summed E-state index contributed by atoms with van der Waals surface area (Å²) in [6.45, 7) is 8.20. The zero-order chi connectivity index (χ0) is 15.5. The molecule has 5 heteroatoms. The summed E-state index contributed by atoms with van der Waals surface area (Å²) < 4.78 is 5.24. The van der Waals surface area contributed by atoms with E-state index in [9.17, 15) is 4.79 Å². The van der Waals surface area contributed by atoms with Gasteiger partial charge in [-0.05, 0) is 57.4 Å². The third kappa shape index (κ3) is 4.85. The average molecular weight is 291 g/mol. The number of rotatable bonds is 3. The Morgan fingerprint density at radius 1 is 1.38 bits per heavy atom. The molecule has 1 saturated heterocycles. The van der Waals surface area contributed by atoms with Crippen molar-refractivity contribution >= 4 is 17.5 Å². The van der Waals surface area contributed by atoms with Gasteiger partial charge in [-0.3, -0.25) is 0 Å². The minimum absolute atomic E-state index is 0.339. The first-order chi connectivity index (χ1) is 9.83. The third-order valence-corrected chi connectivity index (χ3v) is 3.48. The van der Waals surface area contributed by atoms with Crippen molar-refractivity contribution in [2.75, 3.05) is 30.3 Å². The number of hydrogen-bond acceptors (Lipinski definition) is 4. The van der Waals surface area contributed by atoms with Gasteiger partial charge in [-0.2, -0.15) is 0 Å². The van der Waals surface area contributed by atoms with Crippen molar-refractivity contribution in [3.63, 3.8) is 0 Å². The molecule has 0 aromatic heterocycles. The van der Waals surface area contributed by atoms with E-state index in [1.165, 1.54) is 5.69 Å². The van der Waals surface area contributed by atoms with Gasteiger partial charge in [-0.1, -0.05) is 0 Å². The normalized spacial score (nSPS) is 18.6. The van der Waals surface area contributed by atoms with Crippen LogP contribution >= 0.6 is 0 Å². The number of anilines is 2. The van der Waals surface area contributed by atoms with Gasteiger partial charge in [0.05, 0.1) is 0 Å². The number of nitrogens with two attached hydrogens (primary N) is 1. The fourth-order valence-electron chi connectivity index (χ4n) is 2.46. The molecule has 1 unspecified atom stereocenters. The van der Waals surface area contributed by atoms with Gasteiger partial charge in [-0.25, -0.2) is 4.79 Å². The van der Waals surface area contributed by atoms with Crippen molar-refractivity contribution in [1.29, 1.82) is 0 Å². The molecule has 1 amide bonds. The Labute approximate surface area is 126 Å². The Hall–Kier alpha value is -1.91. The van der Waals surface area contributed by atoms with E-state index in [1.807, 2.05) is 45.0 Å². The Balaban J connectivity index is 1.78. The zero-order valence-electron chi connectivity index (χ0n) is 13.1. The molecule has 1 heterocycles. The number of nitrogens with one attached hydrogen (secondary N) is 1. The maximum atomic E-state index is 11.6. The maximum absolute atomic E-state index is 11.6. The summed E-state index contributed by atoms with van der Waals surface area (Å²) in [4.78, 5) is 14.0. The summed E-state index contributed by atoms with van der Waals surface area (Å²) in [5.74, 6) is 0.454. The summed E-state index contributed by atoms with van der Waals surface area (Å²) in [6.07, 6.45) is 0.730. The lowest BCUT2D eigenvalue weighted by atomic mass is 10.1. The summed E-state index contributed by atoms with van der Waals surface area (Å²) in [6, 6.07) is 7.92. The average Bonchev–Trinajstić information content (AvgIpc) is 2.84. The summed E-state index contributed by atoms with van der Waals surface area (Å²) >= 11 is 0. The number of hydrogen-bond donors (Lipinski definition) is 2. The number of carbonyl (C=O) groups is 1. The highest BCUT2D eigenvalue weighted by Gasteiger charge is 2.24. The van der Waals surface area contributed by atoms with Crippen molar-refractivity contribution in [2.45, 2.75) is 32.8 Å². The molecule has 0 saturated carbocycles. The van der Waals surface area contributed by atoms with Gasteiger partial charge < -0.3 is 20.7 Å². The van der Waals surface area contributed by atoms with Gasteiger partial charge in [0.1, 0.15) is 5.60 Å². The van der Waals surface area contributed by atoms with E-state index in [2.05, 4.69) is 10.2 Å². The highest BCUT2D eigenvalue weighted by Crippen LogP contribution is 2.24. The monoisotopic (exact) mass is 291 g/mol. The van der Waals surface area contributed by atoms with Crippen molar-refractivity contribution in [3.05, 3.63) is 24.3 Å². The summed E-state index contributed by atoms with van der Waals surface area (Å²) in [7, 11) is 0. The van der Waals surface area contributed by atoms with Crippen LogP contribution < -0.4 is 16.0 Å². The topological polar surface area (TPSA) is 67.6 Å². The second-order valence-corrected chi connectivity index (χ2v) is 6.58. The molecular weight excluding hydrogens is 266 g/mol. The lowest BCUT2D eigenvalue weighted by Crippen LogP contribution is -2.36. The fourth-order valence-corrected chi connectivity index (χ4v) is 2.46. The predicted octanol–water partition coefficient (Wildman–Crippen LogP) is 2.62. The van der Waals surface area contributed by atoms with Crippen LogP contribution in [-0.4, -0.2) is 31.3 Å². The van der Waals surface area contributed by atoms with Crippen LogP contribution in [0.5, 0.6) is 0 Å². The molecule has 5 nitrogen and oxygen atoms in total. The molecule has 1 aliphatic rings. The van der Waals surface area contributed by atoms with E-state index in [-0.39, 0.29) is 6.09 Å². The molecule has 1 aromatic rings. The van der Waals surface area contributed by atoms with E-state index >= 15 is 0 Å². The van der Waals surface area contributed by atoms with Gasteiger partial charge in [0.15, 0.2) is 0 Å². The van der Waals surface area contributed by atoms with Crippen molar-refractivity contribution < 1.29 is 9.53 Å². The second kappa shape index (κ2) is 6.24. The van der Waals surface area contributed by atoms with Gasteiger partial charge in [0, 0.05) is 31.0 Å². The van der Waals surface area contributed by atoms with E-state index < -0.39 is 5.60 Å². The molecule has 21 heavy (non-hydrogen) atoms. The molecule has 1 aromatic carbocycles. The largest absolute Gasteiger partial charge is 0.444 e. The number of benzene rings is 1. The van der Waals surface area contributed by atoms with E-state index in [4.69, 9.17) is 10.5 Å². The molecule has 0 aliphatic carbocycles. The molecule has 1 fully saturated rings. The number of nitrogens with zero attached hydrogens (tertiary/aromatic N) is 1. The SMILES string of the molecule is CC(C)(C)OC(=O)NCC1CCN(c2ccc(N)cc2)C1. The Bertz CT molecular complexity index is 479. The molecule has 2 rings (SSSR count). The van der Waals surface area contributed by atoms with Crippen molar-refractivity contribution in [3.8, 4) is 0 Å². The first-order valence-electron chi connectivity index (χ1n) is 7.41. The molecule has 1 atom stereocenters. The van der Waals surface area contributed by atoms with Crippen molar-refractivity contribution in [1.82, 2.24) is 5.32 Å². The van der Waals surface area contributed by atoms with Gasteiger partial charge >= 0.3 is 6.09 Å². The Morgan fingerprint density at radius 3 is 2.67 bits per heavy atom. The number of carbonyl (C=O) groups excluding carboxylic acids is 1. The number of nitrogen functional groups attached to an aromatic ring is 1. The molecular formula is C16H25N3O2. The smallest absolute Gasteiger partial charge is 0.407 e. The lowest BCUT2D eigenvalue weighted by Gasteiger charge is -2.21. The number of ether oxygens (including phenoxy) is 1. The predicted molar refractivity (Wildman–Crippen MR) is 85.4 cm³/mol. The van der Waals surface area contributed by atoms with E-state index in [0.29, 0.717) is 12.5 Å². The van der Waals surface area contributed by atoms with Gasteiger partial charge in [-0.15, -0.1) is 0 Å². The third-order valence-electron chi connectivity index (χ3n) is 3.48. The van der Waals surface area contributed by atoms with Gasteiger partial charge in [0.2, 0.25) is 0 Å². The highest BCUT2D eigenvalue weighted by molar-refractivity contribution is 5.67. The summed E-state index contributed by atoms with van der Waals surface area (Å²) in [5, 5.41) is 2.85. The highest BCUT2D eigenvalue weighted by atomic mass is 16.6. The maximum Gasteiger partial charge on any atom is 0.407 e. The number of amides is 1. The molecule has 0 spiro atoms. The first-order valence-corrected chi connectivity index (χ1v) is 7.41. The van der Waals surface area contributed by atoms with E-state index in [1.54, 1.807) is 0 Å². The molecule has 1 aliphatic heterocycles. The lowest BCUT2D eigenvalue weighted by molar-refractivity contribution is 0.0520. The standard InChI is InChI=1S/C16H25N3O2/c1-16(2,3)21-15(20)18-10-12-8-9-19(11-12)14-6-4-13(17)5-7-14/h4-7,12H,8-11,17H2,1-3H3,(H,18,20). The molecule has 3 N–H and O–H groups in total.